The van der Waals surface area contributed by atoms with Crippen molar-refractivity contribution >= 4 is 16.1 Å². The molecule has 1 aromatic carbocycles. The average Bonchev–Trinajstić information content (AvgIpc) is 2.67. The van der Waals surface area contributed by atoms with Crippen LogP contribution in [-0.4, -0.2) is 23.2 Å². The molecule has 0 saturated carbocycles. The second-order valence-electron chi connectivity index (χ2n) is 3.45. The van der Waals surface area contributed by atoms with E-state index in [0.29, 0.717) is 0 Å². The van der Waals surface area contributed by atoms with Gasteiger partial charge in [-0.25, -0.2) is 0 Å². The highest BCUT2D eigenvalue weighted by atomic mass is 28.3. The lowest BCUT2D eigenvalue weighted by Crippen LogP contribution is -2.02. The quantitative estimate of drug-likeness (QED) is 0.590. The second kappa shape index (κ2) is 8.27. The SMILES string of the molecule is C1=Cc2ccc(cc2)C1.CCO[SiH2]OCC. The summed E-state index contributed by atoms with van der Waals surface area (Å²) in [6.45, 7) is 5.55. The van der Waals surface area contributed by atoms with Crippen molar-refractivity contribution in [1.29, 1.82) is 0 Å². The Bertz CT molecular complexity index is 302. The molecule has 2 bridgehead atoms. The zero-order valence-electron chi connectivity index (χ0n) is 10.1. The third kappa shape index (κ3) is 5.26. The minimum atomic E-state index is -0.589. The second-order valence-corrected chi connectivity index (χ2v) is 4.50. The highest BCUT2D eigenvalue weighted by Gasteiger charge is 1.93. The number of hydrogen-bond acceptors (Lipinski definition) is 2. The third-order valence-corrected chi connectivity index (χ3v) is 3.37. The van der Waals surface area contributed by atoms with Gasteiger partial charge in [0.05, 0.1) is 0 Å². The molecule has 88 valence electrons. The molecule has 1 aromatic rings. The van der Waals surface area contributed by atoms with Gasteiger partial charge in [0.2, 0.25) is 0 Å². The van der Waals surface area contributed by atoms with Crippen LogP contribution in [0.4, 0.5) is 0 Å². The molecular weight excluding hydrogens is 216 g/mol. The first-order valence-electron chi connectivity index (χ1n) is 5.77. The van der Waals surface area contributed by atoms with E-state index in [1.165, 1.54) is 11.1 Å². The van der Waals surface area contributed by atoms with Crippen molar-refractivity contribution in [1.82, 2.24) is 0 Å². The van der Waals surface area contributed by atoms with Gasteiger partial charge in [0.1, 0.15) is 0 Å². The molecule has 2 aliphatic rings. The van der Waals surface area contributed by atoms with E-state index in [0.717, 1.165) is 19.6 Å². The van der Waals surface area contributed by atoms with E-state index in [9.17, 15) is 0 Å². The smallest absolute Gasteiger partial charge is 0.304 e. The van der Waals surface area contributed by atoms with Gasteiger partial charge >= 0.3 is 10.0 Å². The van der Waals surface area contributed by atoms with Crippen LogP contribution in [0, 0.1) is 0 Å². The topological polar surface area (TPSA) is 18.5 Å². The van der Waals surface area contributed by atoms with Crippen molar-refractivity contribution in [3.05, 3.63) is 41.5 Å². The maximum Gasteiger partial charge on any atom is 0.304 e. The highest BCUT2D eigenvalue weighted by molar-refractivity contribution is 6.17. The third-order valence-electron chi connectivity index (χ3n) is 2.22. The van der Waals surface area contributed by atoms with Crippen molar-refractivity contribution < 1.29 is 8.85 Å². The first kappa shape index (κ1) is 13.2. The Morgan fingerprint density at radius 2 is 1.69 bits per heavy atom. The van der Waals surface area contributed by atoms with Gasteiger partial charge in [-0.1, -0.05) is 36.4 Å². The number of hydrogen-bond donors (Lipinski definition) is 0. The van der Waals surface area contributed by atoms with E-state index in [2.05, 4.69) is 36.4 Å². The predicted octanol–water partition coefficient (Wildman–Crippen LogP) is 2.31. The molecule has 2 aliphatic carbocycles. The summed E-state index contributed by atoms with van der Waals surface area (Å²) in [4.78, 5) is 0. The van der Waals surface area contributed by atoms with Gasteiger partial charge in [-0.3, -0.25) is 0 Å². The minimum Gasteiger partial charge on any atom is -0.399 e. The van der Waals surface area contributed by atoms with Crippen LogP contribution in [0.1, 0.15) is 25.0 Å². The van der Waals surface area contributed by atoms with E-state index in [1.54, 1.807) is 0 Å². The van der Waals surface area contributed by atoms with Crippen LogP contribution in [-0.2, 0) is 15.3 Å². The molecule has 0 unspecified atom stereocenters. The first-order valence-corrected chi connectivity index (χ1v) is 6.93. The fraction of sp³-hybridized carbons (Fsp3) is 0.385. The van der Waals surface area contributed by atoms with Gasteiger partial charge < -0.3 is 8.85 Å². The molecule has 2 nitrogen and oxygen atoms in total. The Kier molecular flexibility index (Phi) is 6.81. The van der Waals surface area contributed by atoms with Gasteiger partial charge in [0, 0.05) is 13.2 Å². The van der Waals surface area contributed by atoms with Crippen molar-refractivity contribution in [3.8, 4) is 0 Å². The van der Waals surface area contributed by atoms with Crippen LogP contribution < -0.4 is 0 Å². The van der Waals surface area contributed by atoms with Gasteiger partial charge in [0.25, 0.3) is 0 Å². The molecule has 0 amide bonds. The molecule has 0 radical (unpaired) electrons. The van der Waals surface area contributed by atoms with Crippen molar-refractivity contribution in [2.75, 3.05) is 13.2 Å². The van der Waals surface area contributed by atoms with Crippen LogP contribution in [0.2, 0.25) is 0 Å². The normalized spacial score (nSPS) is 11.9. The summed E-state index contributed by atoms with van der Waals surface area (Å²) < 4.78 is 9.98. The first-order chi connectivity index (χ1) is 7.86. The fourth-order valence-corrected chi connectivity index (χ4v) is 1.77. The molecule has 0 aromatic heterocycles. The van der Waals surface area contributed by atoms with E-state index in [-0.39, 0.29) is 0 Å². The summed E-state index contributed by atoms with van der Waals surface area (Å²) >= 11 is 0. The standard InChI is InChI=1S/C9H8.C4H12O2Si/c1-2-8-4-6-9(3-1)7-5-8;1-3-5-7-6-4-2/h1-2,4-7H,3H2;3-4,7H2,1-2H3. The van der Waals surface area contributed by atoms with Crippen molar-refractivity contribution in [2.45, 2.75) is 20.3 Å². The molecule has 3 heteroatoms. The molecule has 0 heterocycles. The molecule has 0 saturated heterocycles. The van der Waals surface area contributed by atoms with Crippen LogP contribution >= 0.6 is 0 Å². The van der Waals surface area contributed by atoms with Gasteiger partial charge in [-0.15, -0.1) is 0 Å². The lowest BCUT2D eigenvalue weighted by molar-refractivity contribution is 0.240. The summed E-state index contributed by atoms with van der Waals surface area (Å²) in [5.41, 5.74) is 2.73. The zero-order valence-corrected chi connectivity index (χ0v) is 11.5. The van der Waals surface area contributed by atoms with E-state index >= 15 is 0 Å². The minimum absolute atomic E-state index is 0.589. The molecule has 0 N–H and O–H groups in total. The monoisotopic (exact) mass is 236 g/mol. The Hall–Kier alpha value is -0.903. The summed E-state index contributed by atoms with van der Waals surface area (Å²) in [5.74, 6) is 0. The Morgan fingerprint density at radius 1 is 1.06 bits per heavy atom. The zero-order chi connectivity index (χ0) is 11.6. The number of benzene rings is 1. The van der Waals surface area contributed by atoms with E-state index in [4.69, 9.17) is 8.85 Å². The average molecular weight is 236 g/mol. The van der Waals surface area contributed by atoms with E-state index in [1.807, 2.05) is 13.8 Å². The maximum atomic E-state index is 4.99. The maximum absolute atomic E-state index is 4.99. The summed E-state index contributed by atoms with van der Waals surface area (Å²) in [6.07, 6.45) is 5.45. The molecular formula is C13H20O2Si. The molecule has 3 rings (SSSR count). The number of fused-ring (bicyclic) bond motifs is 3. The van der Waals surface area contributed by atoms with Crippen LogP contribution in [0.3, 0.4) is 0 Å². The summed E-state index contributed by atoms with van der Waals surface area (Å²) in [5, 5.41) is 0. The van der Waals surface area contributed by atoms with E-state index < -0.39 is 10.0 Å². The number of allylic oxidation sites excluding steroid dienone is 1. The molecule has 0 aliphatic heterocycles. The highest BCUT2D eigenvalue weighted by Crippen LogP contribution is 2.11. The van der Waals surface area contributed by atoms with Gasteiger partial charge in [0.15, 0.2) is 0 Å². The predicted molar refractivity (Wildman–Crippen MR) is 71.0 cm³/mol. The lowest BCUT2D eigenvalue weighted by atomic mass is 10.2. The lowest BCUT2D eigenvalue weighted by Gasteiger charge is -1.96. The number of rotatable bonds is 4. The largest absolute Gasteiger partial charge is 0.399 e. The van der Waals surface area contributed by atoms with Crippen LogP contribution in [0.25, 0.3) is 6.08 Å². The van der Waals surface area contributed by atoms with Crippen molar-refractivity contribution in [3.63, 3.8) is 0 Å². The summed E-state index contributed by atoms with van der Waals surface area (Å²) in [7, 11) is -0.589. The van der Waals surface area contributed by atoms with Gasteiger partial charge in [-0.2, -0.15) is 0 Å². The van der Waals surface area contributed by atoms with Crippen LogP contribution in [0.15, 0.2) is 30.3 Å². The Balaban J connectivity index is 0.000000168. The fourth-order valence-electron chi connectivity index (χ4n) is 1.32. The molecule has 0 spiro atoms. The van der Waals surface area contributed by atoms with Crippen molar-refractivity contribution in [2.24, 2.45) is 0 Å². The Labute approximate surface area is 100 Å². The van der Waals surface area contributed by atoms with Crippen LogP contribution in [0.5, 0.6) is 0 Å². The molecule has 16 heavy (non-hydrogen) atoms. The van der Waals surface area contributed by atoms with Gasteiger partial charge in [-0.05, 0) is 31.4 Å². The Morgan fingerprint density at radius 3 is 2.25 bits per heavy atom. The summed E-state index contributed by atoms with van der Waals surface area (Å²) in [6, 6.07) is 8.66. The molecule has 0 atom stereocenters. The molecule has 0 fully saturated rings.